The molecule has 11 heteroatoms. The maximum absolute atomic E-state index is 11.5. The fourth-order valence-corrected chi connectivity index (χ4v) is 3.26. The number of nitrogens with one attached hydrogen (secondary N) is 1. The Morgan fingerprint density at radius 1 is 1.19 bits per heavy atom. The minimum atomic E-state index is -2.87. The van der Waals surface area contributed by atoms with Gasteiger partial charge in [0.2, 0.25) is 0 Å². The minimum Gasteiger partial charge on any atom is -0.456 e. The van der Waals surface area contributed by atoms with Gasteiger partial charge in [0.05, 0.1) is 15.5 Å². The summed E-state index contributed by atoms with van der Waals surface area (Å²) in [6.45, 7) is 6.00. The topological polar surface area (TPSA) is 122 Å². The first kappa shape index (κ1) is 26.8. The molecule has 2 aromatic rings. The van der Waals surface area contributed by atoms with Crippen LogP contribution in [-0.2, 0) is 4.57 Å². The van der Waals surface area contributed by atoms with Gasteiger partial charge in [0.1, 0.15) is 17.2 Å². The number of nitro groups is 1. The third-order valence-electron chi connectivity index (χ3n) is 4.42. The highest BCUT2D eigenvalue weighted by molar-refractivity contribution is 7.30. The van der Waals surface area contributed by atoms with Gasteiger partial charge < -0.3 is 10.1 Å². The third-order valence-corrected chi connectivity index (χ3v) is 4.95. The Kier molecular flexibility index (Phi) is 10.9. The fraction of sp³-hybridized carbons (Fsp3) is 0.300. The molecule has 0 radical (unpaired) electrons. The highest BCUT2D eigenvalue weighted by Gasteiger charge is 2.26. The van der Waals surface area contributed by atoms with Gasteiger partial charge in [-0.05, 0) is 44.0 Å². The molecule has 0 amide bonds. The summed E-state index contributed by atoms with van der Waals surface area (Å²) in [6, 6.07) is 9.48. The van der Waals surface area contributed by atoms with E-state index in [2.05, 4.69) is 5.32 Å². The van der Waals surface area contributed by atoms with E-state index in [9.17, 15) is 10.1 Å². The van der Waals surface area contributed by atoms with Crippen molar-refractivity contribution in [3.63, 3.8) is 0 Å². The highest BCUT2D eigenvalue weighted by Crippen LogP contribution is 2.37. The lowest BCUT2D eigenvalue weighted by Gasteiger charge is -2.30. The van der Waals surface area contributed by atoms with Gasteiger partial charge in [-0.3, -0.25) is 10.1 Å². The van der Waals surface area contributed by atoms with Crippen molar-refractivity contribution in [3.05, 3.63) is 68.7 Å². The molecule has 0 heterocycles. The van der Waals surface area contributed by atoms with Gasteiger partial charge in [-0.25, -0.2) is 0 Å². The number of nitro benzene ring substituents is 1. The second-order valence-corrected chi connectivity index (χ2v) is 7.70. The average Bonchev–Trinajstić information content (AvgIpc) is 2.69. The summed E-state index contributed by atoms with van der Waals surface area (Å²) in [5.41, 5.74) is 0.000450. The Morgan fingerprint density at radius 2 is 1.81 bits per heavy atom. The highest BCUT2D eigenvalue weighted by atomic mass is 35.5. The number of allylic oxidation sites excluding steroid dienone is 1. The average molecular weight is 490 g/mol. The van der Waals surface area contributed by atoms with E-state index in [0.717, 1.165) is 12.8 Å². The van der Waals surface area contributed by atoms with E-state index in [1.165, 1.54) is 6.07 Å². The Morgan fingerprint density at radius 3 is 2.29 bits per heavy atom. The van der Waals surface area contributed by atoms with Crippen molar-refractivity contribution in [3.8, 4) is 11.5 Å². The second-order valence-electron chi connectivity index (χ2n) is 6.35. The maximum Gasteiger partial charge on any atom is 0.692 e. The number of nitrogens with zero attached hydrogens (tertiary/aromatic N) is 1. The fourth-order valence-electron chi connectivity index (χ4n) is 2.81. The summed E-state index contributed by atoms with van der Waals surface area (Å²) in [5.74, 6) is 0.862. The standard InChI is InChI=1S/C20H22Cl2N2O3.HO3P/c1-4-11-20(5-2,6-3)23-17-13-15(8-9-18(17)24(25)26)27-19-10-7-14(21)12-16(19)22;1-4(2)3/h4,7-13,23H,5-6H2,1-3H3;(H-,1,2,3)/p+1. The molecule has 31 heavy (non-hydrogen) atoms. The van der Waals surface area contributed by atoms with Crippen LogP contribution in [-0.4, -0.2) is 20.2 Å². The molecule has 0 saturated heterocycles. The number of hydrogen-bond acceptors (Lipinski definition) is 5. The first-order valence-electron chi connectivity index (χ1n) is 9.25. The summed E-state index contributed by atoms with van der Waals surface area (Å²) in [5, 5.41) is 15.7. The van der Waals surface area contributed by atoms with Crippen LogP contribution in [0.4, 0.5) is 11.4 Å². The summed E-state index contributed by atoms with van der Waals surface area (Å²) < 4.78 is 14.5. The van der Waals surface area contributed by atoms with Crippen LogP contribution in [0.1, 0.15) is 33.6 Å². The molecule has 0 unspecified atom stereocenters. The normalized spacial score (nSPS) is 10.9. The molecule has 3 N–H and O–H groups in total. The molecule has 0 aliphatic heterocycles. The first-order chi connectivity index (χ1) is 14.6. The van der Waals surface area contributed by atoms with E-state index < -0.39 is 13.2 Å². The lowest BCUT2D eigenvalue weighted by molar-refractivity contribution is -0.384. The molecule has 2 rings (SSSR count). The van der Waals surface area contributed by atoms with Crippen LogP contribution >= 0.6 is 31.5 Å². The monoisotopic (exact) mass is 489 g/mol. The molecule has 0 aliphatic carbocycles. The van der Waals surface area contributed by atoms with E-state index in [0.29, 0.717) is 27.2 Å². The zero-order valence-corrected chi connectivity index (χ0v) is 19.6. The van der Waals surface area contributed by atoms with E-state index >= 15 is 0 Å². The molecule has 0 aliphatic rings. The van der Waals surface area contributed by atoms with Crippen LogP contribution in [0.5, 0.6) is 11.5 Å². The number of halogens is 2. The van der Waals surface area contributed by atoms with Crippen LogP contribution in [0.2, 0.25) is 10.0 Å². The van der Waals surface area contributed by atoms with Gasteiger partial charge >= 0.3 is 8.25 Å². The van der Waals surface area contributed by atoms with Crippen molar-refractivity contribution in [1.29, 1.82) is 0 Å². The van der Waals surface area contributed by atoms with Crippen molar-refractivity contribution in [2.24, 2.45) is 0 Å². The van der Waals surface area contributed by atoms with Crippen molar-refractivity contribution in [2.75, 3.05) is 5.32 Å². The smallest absolute Gasteiger partial charge is 0.456 e. The van der Waals surface area contributed by atoms with Gasteiger partial charge in [0, 0.05) is 21.7 Å². The zero-order valence-electron chi connectivity index (χ0n) is 17.2. The van der Waals surface area contributed by atoms with Crippen LogP contribution < -0.4 is 10.1 Å². The molecule has 0 atom stereocenters. The second kappa shape index (κ2) is 12.6. The molecule has 168 valence electrons. The first-order valence-corrected chi connectivity index (χ1v) is 11.2. The molecule has 0 saturated carbocycles. The van der Waals surface area contributed by atoms with Crippen molar-refractivity contribution < 1.29 is 24.0 Å². The largest absolute Gasteiger partial charge is 0.692 e. The van der Waals surface area contributed by atoms with Crippen LogP contribution in [0.3, 0.4) is 0 Å². The molecule has 2 aromatic carbocycles. The Hall–Kier alpha value is -2.22. The van der Waals surface area contributed by atoms with Crippen LogP contribution in [0, 0.1) is 10.1 Å². The third kappa shape index (κ3) is 8.44. The maximum atomic E-state index is 11.5. The quantitative estimate of drug-likeness (QED) is 0.160. The van der Waals surface area contributed by atoms with Crippen LogP contribution in [0.15, 0.2) is 48.6 Å². The Bertz CT molecular complexity index is 947. The molecular weight excluding hydrogens is 466 g/mol. The van der Waals surface area contributed by atoms with Crippen molar-refractivity contribution >= 4 is 42.8 Å². The number of ether oxygens (including phenoxy) is 1. The van der Waals surface area contributed by atoms with E-state index in [1.54, 1.807) is 30.3 Å². The lowest BCUT2D eigenvalue weighted by atomic mass is 9.91. The van der Waals surface area contributed by atoms with Gasteiger partial charge in [0.15, 0.2) is 0 Å². The van der Waals surface area contributed by atoms with Gasteiger partial charge in [-0.1, -0.05) is 49.2 Å². The Balaban J connectivity index is 0.00000110. The van der Waals surface area contributed by atoms with Crippen molar-refractivity contribution in [2.45, 2.75) is 39.2 Å². The predicted molar refractivity (Wildman–Crippen MR) is 123 cm³/mol. The molecular formula is C20H24Cl2N2O6P+. The predicted octanol–water partition coefficient (Wildman–Crippen LogP) is 6.87. The zero-order chi connectivity index (χ0) is 23.6. The van der Waals surface area contributed by atoms with Gasteiger partial charge in [0.25, 0.3) is 5.69 Å². The molecule has 0 aromatic heterocycles. The molecule has 0 spiro atoms. The molecule has 0 bridgehead atoms. The summed E-state index contributed by atoms with van der Waals surface area (Å²) in [6.07, 6.45) is 5.53. The lowest BCUT2D eigenvalue weighted by Crippen LogP contribution is -2.34. The summed E-state index contributed by atoms with van der Waals surface area (Å²) >= 11 is 12.1. The van der Waals surface area contributed by atoms with Crippen molar-refractivity contribution in [1.82, 2.24) is 0 Å². The summed E-state index contributed by atoms with van der Waals surface area (Å²) in [4.78, 5) is 25.3. The van der Waals surface area contributed by atoms with Crippen LogP contribution in [0.25, 0.3) is 0 Å². The minimum absolute atomic E-state index is 0.0136. The number of rotatable bonds is 8. The Labute approximate surface area is 191 Å². The van der Waals surface area contributed by atoms with E-state index in [4.69, 9.17) is 42.3 Å². The van der Waals surface area contributed by atoms with E-state index in [1.807, 2.05) is 32.9 Å². The number of anilines is 1. The molecule has 0 fully saturated rings. The SMILES string of the molecule is CC=CC(CC)(CC)Nc1cc(Oc2ccc(Cl)cc2Cl)ccc1[N+](=O)[O-].O=[P+](O)O. The van der Waals surface area contributed by atoms with Gasteiger partial charge in [-0.2, -0.15) is 0 Å². The number of benzene rings is 2. The van der Waals surface area contributed by atoms with Gasteiger partial charge in [-0.15, -0.1) is 9.79 Å². The summed E-state index contributed by atoms with van der Waals surface area (Å²) in [7, 11) is -2.87. The van der Waals surface area contributed by atoms with E-state index in [-0.39, 0.29) is 11.2 Å². The molecule has 8 nitrogen and oxygen atoms in total. The number of hydrogen-bond donors (Lipinski definition) is 3.